The number of ketones is 2. The van der Waals surface area contributed by atoms with Gasteiger partial charge in [-0.3, -0.25) is 23.5 Å². The molecule has 1 aromatic carbocycles. The van der Waals surface area contributed by atoms with Crippen molar-refractivity contribution < 1.29 is 9.59 Å². The number of carbonyl (C=O) groups excluding carboxylic acids is 2. The van der Waals surface area contributed by atoms with Gasteiger partial charge in [0.25, 0.3) is 5.56 Å². The highest BCUT2D eigenvalue weighted by Gasteiger charge is 2.27. The van der Waals surface area contributed by atoms with Gasteiger partial charge >= 0.3 is 5.69 Å². The zero-order valence-corrected chi connectivity index (χ0v) is 21.7. The fourth-order valence-electron chi connectivity index (χ4n) is 4.72. The molecule has 196 valence electrons. The minimum Gasteiger partial charge on any atom is -0.398 e. The molecule has 4 rings (SSSR count). The third-order valence-electron chi connectivity index (χ3n) is 6.72. The van der Waals surface area contributed by atoms with Gasteiger partial charge in [0, 0.05) is 43.9 Å². The van der Waals surface area contributed by atoms with Crippen molar-refractivity contribution >= 4 is 34.4 Å². The number of rotatable bonds is 7. The van der Waals surface area contributed by atoms with Crippen molar-refractivity contribution in [2.75, 3.05) is 23.7 Å². The van der Waals surface area contributed by atoms with Crippen LogP contribution in [0.5, 0.6) is 0 Å². The molecule has 3 aromatic rings. The number of hydrogen-bond acceptors (Lipinski definition) is 8. The number of benzene rings is 1. The summed E-state index contributed by atoms with van der Waals surface area (Å²) in [7, 11) is 1.53. The largest absolute Gasteiger partial charge is 0.398 e. The third kappa shape index (κ3) is 4.86. The lowest BCUT2D eigenvalue weighted by atomic mass is 10.0. The molecule has 1 fully saturated rings. The van der Waals surface area contributed by atoms with Crippen molar-refractivity contribution in [2.45, 2.75) is 52.7 Å². The summed E-state index contributed by atoms with van der Waals surface area (Å²) >= 11 is 0. The van der Waals surface area contributed by atoms with Gasteiger partial charge in [0.05, 0.1) is 12.2 Å². The van der Waals surface area contributed by atoms with Crippen LogP contribution in [-0.4, -0.2) is 49.4 Å². The Morgan fingerprint density at radius 1 is 1.14 bits per heavy atom. The molecule has 0 saturated carbocycles. The Labute approximate surface area is 214 Å². The summed E-state index contributed by atoms with van der Waals surface area (Å²) in [6.45, 7) is 6.45. The SMILES string of the molecule is CC(=O)c1cccc(C(=O)Cn2c(=O)c3c(nc(N4CCCC(N)C4)n3CC=C(C)C)n(C)c2=O)c1N. The van der Waals surface area contributed by atoms with Crippen molar-refractivity contribution in [3.63, 3.8) is 0 Å². The quantitative estimate of drug-likeness (QED) is 0.277. The van der Waals surface area contributed by atoms with E-state index in [0.717, 1.165) is 29.5 Å². The van der Waals surface area contributed by atoms with E-state index in [9.17, 15) is 19.2 Å². The highest BCUT2D eigenvalue weighted by molar-refractivity contribution is 6.07. The smallest absolute Gasteiger partial charge is 0.332 e. The molecule has 3 heterocycles. The summed E-state index contributed by atoms with van der Waals surface area (Å²) in [5, 5.41) is 0. The molecule has 0 spiro atoms. The number of para-hydroxylation sites is 1. The van der Waals surface area contributed by atoms with Gasteiger partial charge in [0.15, 0.2) is 22.7 Å². The van der Waals surface area contributed by atoms with E-state index in [1.807, 2.05) is 24.8 Å². The zero-order chi connectivity index (χ0) is 27.0. The number of aryl methyl sites for hydroxylation is 1. The number of hydrogen-bond donors (Lipinski definition) is 2. The van der Waals surface area contributed by atoms with Gasteiger partial charge < -0.3 is 20.9 Å². The number of nitrogens with two attached hydrogens (primary N) is 2. The van der Waals surface area contributed by atoms with Gasteiger partial charge in [-0.15, -0.1) is 0 Å². The molecule has 1 aliphatic heterocycles. The Kier molecular flexibility index (Phi) is 7.17. The first-order valence-corrected chi connectivity index (χ1v) is 12.3. The van der Waals surface area contributed by atoms with E-state index in [0.29, 0.717) is 19.0 Å². The highest BCUT2D eigenvalue weighted by Crippen LogP contribution is 2.24. The van der Waals surface area contributed by atoms with Gasteiger partial charge in [-0.2, -0.15) is 4.98 Å². The predicted molar refractivity (Wildman–Crippen MR) is 143 cm³/mol. The summed E-state index contributed by atoms with van der Waals surface area (Å²) in [6, 6.07) is 4.55. The molecule has 1 atom stereocenters. The molecular formula is C26H33N7O4. The Bertz CT molecular complexity index is 1540. The molecule has 1 saturated heterocycles. The van der Waals surface area contributed by atoms with Crippen molar-refractivity contribution in [3.8, 4) is 0 Å². The second kappa shape index (κ2) is 10.2. The van der Waals surface area contributed by atoms with Gasteiger partial charge in [-0.25, -0.2) is 4.79 Å². The fourth-order valence-corrected chi connectivity index (χ4v) is 4.72. The first-order chi connectivity index (χ1) is 17.5. The number of nitrogen functional groups attached to an aromatic ring is 1. The first-order valence-electron chi connectivity index (χ1n) is 12.3. The monoisotopic (exact) mass is 507 g/mol. The average molecular weight is 508 g/mol. The van der Waals surface area contributed by atoms with Gasteiger partial charge in [-0.1, -0.05) is 17.7 Å². The maximum absolute atomic E-state index is 13.7. The van der Waals surface area contributed by atoms with Crippen molar-refractivity contribution in [3.05, 3.63) is 61.8 Å². The van der Waals surface area contributed by atoms with Gasteiger partial charge in [0.2, 0.25) is 5.95 Å². The van der Waals surface area contributed by atoms with Crippen molar-refractivity contribution in [1.82, 2.24) is 18.7 Å². The van der Waals surface area contributed by atoms with Gasteiger partial charge in [0.1, 0.15) is 0 Å². The number of piperidine rings is 1. The fraction of sp³-hybridized carbons (Fsp3) is 0.423. The Morgan fingerprint density at radius 3 is 2.49 bits per heavy atom. The number of fused-ring (bicyclic) bond motifs is 1. The molecule has 37 heavy (non-hydrogen) atoms. The maximum Gasteiger partial charge on any atom is 0.332 e. The van der Waals surface area contributed by atoms with Crippen LogP contribution in [0.25, 0.3) is 11.2 Å². The molecule has 11 heteroatoms. The lowest BCUT2D eigenvalue weighted by molar-refractivity contribution is 0.0969. The zero-order valence-electron chi connectivity index (χ0n) is 21.7. The number of nitrogens with zero attached hydrogens (tertiary/aromatic N) is 5. The average Bonchev–Trinajstić information content (AvgIpc) is 3.23. The number of imidazole rings is 1. The molecule has 0 amide bonds. The third-order valence-corrected chi connectivity index (χ3v) is 6.72. The topological polar surface area (TPSA) is 151 Å². The molecule has 4 N–H and O–H groups in total. The number of aromatic nitrogens is 4. The Morgan fingerprint density at radius 2 is 1.84 bits per heavy atom. The molecule has 11 nitrogen and oxygen atoms in total. The van der Waals surface area contributed by atoms with Crippen molar-refractivity contribution in [2.24, 2.45) is 12.8 Å². The lowest BCUT2D eigenvalue weighted by Gasteiger charge is -2.31. The van der Waals surface area contributed by atoms with Crippen LogP contribution in [0.4, 0.5) is 11.6 Å². The van der Waals surface area contributed by atoms with Crippen LogP contribution < -0.4 is 27.6 Å². The maximum atomic E-state index is 13.7. The minimum atomic E-state index is -0.666. The molecule has 0 radical (unpaired) electrons. The van der Waals surface area contributed by atoms with E-state index in [2.05, 4.69) is 0 Å². The van der Waals surface area contributed by atoms with Crippen molar-refractivity contribution in [1.29, 1.82) is 0 Å². The molecule has 0 bridgehead atoms. The number of carbonyl (C=O) groups is 2. The lowest BCUT2D eigenvalue weighted by Crippen LogP contribution is -2.44. The second-order valence-corrected chi connectivity index (χ2v) is 9.80. The van der Waals surface area contributed by atoms with Crippen LogP contribution in [0, 0.1) is 0 Å². The van der Waals surface area contributed by atoms with E-state index < -0.39 is 23.6 Å². The summed E-state index contributed by atoms with van der Waals surface area (Å²) in [5.41, 5.74) is 12.9. The van der Waals surface area contributed by atoms with Crippen LogP contribution >= 0.6 is 0 Å². The number of Topliss-reactive ketones (excluding diaryl/α,β-unsaturated/α-hetero) is 2. The highest BCUT2D eigenvalue weighted by atomic mass is 16.2. The Balaban J connectivity index is 1.88. The van der Waals surface area contributed by atoms with E-state index in [4.69, 9.17) is 16.5 Å². The van der Waals surface area contributed by atoms with Crippen LogP contribution in [-0.2, 0) is 20.1 Å². The van der Waals surface area contributed by atoms with E-state index >= 15 is 0 Å². The van der Waals surface area contributed by atoms with E-state index in [-0.39, 0.29) is 39.8 Å². The normalized spacial score (nSPS) is 15.7. The first kappa shape index (κ1) is 26.1. The molecule has 1 aliphatic rings. The van der Waals surface area contributed by atoms with Crippen LogP contribution in [0.15, 0.2) is 39.4 Å². The van der Waals surface area contributed by atoms with Gasteiger partial charge in [-0.05, 0) is 45.7 Å². The molecular weight excluding hydrogens is 474 g/mol. The summed E-state index contributed by atoms with van der Waals surface area (Å²) in [6.07, 6.45) is 3.78. The summed E-state index contributed by atoms with van der Waals surface area (Å²) in [5.74, 6) is -0.260. The number of anilines is 2. The predicted octanol–water partition coefficient (Wildman–Crippen LogP) is 1.46. The van der Waals surface area contributed by atoms with E-state index in [1.165, 1.54) is 30.7 Å². The van der Waals surface area contributed by atoms with Crippen LogP contribution in [0.2, 0.25) is 0 Å². The van der Waals surface area contributed by atoms with Crippen LogP contribution in [0.1, 0.15) is 54.3 Å². The molecule has 1 unspecified atom stereocenters. The molecule has 0 aliphatic carbocycles. The summed E-state index contributed by atoms with van der Waals surface area (Å²) in [4.78, 5) is 58.8. The minimum absolute atomic E-state index is 0.0141. The standard InChI is InChI=1S/C26H33N7O4/c1-15(2)10-12-32-22-23(29-25(32)31-11-6-7-17(27)13-31)30(4)26(37)33(24(22)36)14-20(35)19-9-5-8-18(16(3)34)21(19)28/h5,8-10,17H,6-7,11-14,27-28H2,1-4H3. The second-order valence-electron chi connectivity index (χ2n) is 9.80. The summed E-state index contributed by atoms with van der Waals surface area (Å²) < 4.78 is 3.97. The van der Waals surface area contributed by atoms with E-state index in [1.54, 1.807) is 10.6 Å². The Hall–Kier alpha value is -3.99. The molecule has 2 aromatic heterocycles. The number of allylic oxidation sites excluding steroid dienone is 2. The van der Waals surface area contributed by atoms with Crippen LogP contribution in [0.3, 0.4) is 0 Å².